The number of anilines is 1. The summed E-state index contributed by atoms with van der Waals surface area (Å²) in [5.41, 5.74) is 0.974. The Hall–Kier alpha value is -0.990. The van der Waals surface area contributed by atoms with Crippen molar-refractivity contribution < 1.29 is 4.74 Å². The number of aromatic nitrogens is 2. The Labute approximate surface area is 168 Å². The fraction of sp³-hybridized carbons (Fsp3) is 0.684. The molecule has 6 nitrogen and oxygen atoms in total. The lowest BCUT2D eigenvalue weighted by Crippen LogP contribution is -2.42. The number of hydrogen-bond donors (Lipinski definition) is 1. The van der Waals surface area contributed by atoms with Crippen LogP contribution >= 0.6 is 22.9 Å². The predicted octanol–water partition coefficient (Wildman–Crippen LogP) is 2.90. The summed E-state index contributed by atoms with van der Waals surface area (Å²) in [6, 6.07) is 3.73. The van der Waals surface area contributed by atoms with Gasteiger partial charge in [0.25, 0.3) is 0 Å². The molecular formula is C19H26ClN5OS. The van der Waals surface area contributed by atoms with Crippen molar-refractivity contribution >= 4 is 39.0 Å². The molecular weight excluding hydrogens is 382 g/mol. The normalized spacial score (nSPS) is 22.6. The summed E-state index contributed by atoms with van der Waals surface area (Å²) in [5.74, 6) is 0.969. The van der Waals surface area contributed by atoms with Crippen molar-refractivity contribution in [2.75, 3.05) is 44.3 Å². The Bertz CT molecular complexity index is 797. The van der Waals surface area contributed by atoms with Crippen molar-refractivity contribution in [2.24, 2.45) is 0 Å². The minimum atomic E-state index is 0.334. The van der Waals surface area contributed by atoms with E-state index < -0.39 is 0 Å². The van der Waals surface area contributed by atoms with E-state index in [4.69, 9.17) is 16.3 Å². The number of fused-ring (bicyclic) bond motifs is 1. The molecule has 2 aliphatic heterocycles. The van der Waals surface area contributed by atoms with Crippen molar-refractivity contribution in [3.63, 3.8) is 0 Å². The molecule has 0 atom stereocenters. The SMILES string of the molecule is Clc1nc(N2CCOCC2)c2sc(CN3CCC(NC4CC4)CC3)cc2n1. The summed E-state index contributed by atoms with van der Waals surface area (Å²) in [6.07, 6.45) is 5.26. The zero-order chi connectivity index (χ0) is 18.2. The summed E-state index contributed by atoms with van der Waals surface area (Å²) in [6.45, 7) is 6.53. The van der Waals surface area contributed by atoms with Crippen LogP contribution < -0.4 is 10.2 Å². The van der Waals surface area contributed by atoms with Crippen LogP contribution in [-0.4, -0.2) is 66.3 Å². The molecule has 1 saturated carbocycles. The number of halogens is 1. The molecule has 0 aromatic carbocycles. The topological polar surface area (TPSA) is 53.5 Å². The third-order valence-corrected chi connectivity index (χ3v) is 6.98. The number of ether oxygens (including phenoxy) is 1. The molecule has 4 heterocycles. The number of nitrogens with one attached hydrogen (secondary N) is 1. The average Bonchev–Trinajstić information content (AvgIpc) is 3.41. The van der Waals surface area contributed by atoms with Gasteiger partial charge in [-0.2, -0.15) is 4.98 Å². The first-order valence-electron chi connectivity index (χ1n) is 10.0. The Morgan fingerprint density at radius 2 is 1.81 bits per heavy atom. The molecule has 27 heavy (non-hydrogen) atoms. The molecule has 2 saturated heterocycles. The first kappa shape index (κ1) is 18.1. The Morgan fingerprint density at radius 3 is 2.56 bits per heavy atom. The van der Waals surface area contributed by atoms with Gasteiger partial charge < -0.3 is 15.0 Å². The predicted molar refractivity (Wildman–Crippen MR) is 110 cm³/mol. The molecule has 0 unspecified atom stereocenters. The van der Waals surface area contributed by atoms with E-state index >= 15 is 0 Å². The van der Waals surface area contributed by atoms with E-state index in [1.54, 1.807) is 0 Å². The zero-order valence-electron chi connectivity index (χ0n) is 15.5. The summed E-state index contributed by atoms with van der Waals surface area (Å²) in [4.78, 5) is 15.2. The number of morpholine rings is 1. The monoisotopic (exact) mass is 407 g/mol. The van der Waals surface area contributed by atoms with Gasteiger partial charge >= 0.3 is 0 Å². The minimum Gasteiger partial charge on any atom is -0.378 e. The van der Waals surface area contributed by atoms with E-state index in [1.807, 2.05) is 11.3 Å². The smallest absolute Gasteiger partial charge is 0.224 e. The van der Waals surface area contributed by atoms with Gasteiger partial charge in [0.15, 0.2) is 5.82 Å². The van der Waals surface area contributed by atoms with Crippen molar-refractivity contribution in [2.45, 2.75) is 44.3 Å². The number of nitrogens with zero attached hydrogens (tertiary/aromatic N) is 4. The van der Waals surface area contributed by atoms with Gasteiger partial charge in [0, 0.05) is 36.6 Å². The zero-order valence-corrected chi connectivity index (χ0v) is 17.1. The maximum atomic E-state index is 6.21. The van der Waals surface area contributed by atoms with E-state index in [0.717, 1.165) is 54.9 Å². The molecule has 5 rings (SSSR count). The quantitative estimate of drug-likeness (QED) is 0.769. The molecule has 1 N–H and O–H groups in total. The lowest BCUT2D eigenvalue weighted by atomic mass is 10.0. The summed E-state index contributed by atoms with van der Waals surface area (Å²) < 4.78 is 6.63. The third-order valence-electron chi connectivity index (χ3n) is 5.70. The molecule has 1 aliphatic carbocycles. The van der Waals surface area contributed by atoms with E-state index in [1.165, 1.54) is 43.6 Å². The van der Waals surface area contributed by atoms with Crippen LogP contribution in [0.2, 0.25) is 5.28 Å². The third kappa shape index (κ3) is 4.22. The van der Waals surface area contributed by atoms with Crippen molar-refractivity contribution in [3.05, 3.63) is 16.2 Å². The van der Waals surface area contributed by atoms with Crippen LogP contribution in [0.15, 0.2) is 6.07 Å². The fourth-order valence-corrected chi connectivity index (χ4v) is 5.39. The van der Waals surface area contributed by atoms with Gasteiger partial charge in [-0.05, 0) is 56.4 Å². The number of rotatable bonds is 5. The van der Waals surface area contributed by atoms with Gasteiger partial charge in [-0.25, -0.2) is 4.98 Å². The van der Waals surface area contributed by atoms with Crippen LogP contribution in [0.5, 0.6) is 0 Å². The first-order valence-corrected chi connectivity index (χ1v) is 11.2. The van der Waals surface area contributed by atoms with Gasteiger partial charge in [0.2, 0.25) is 5.28 Å². The van der Waals surface area contributed by atoms with Crippen LogP contribution in [0.3, 0.4) is 0 Å². The molecule has 3 fully saturated rings. The molecule has 0 spiro atoms. The number of likely N-dealkylation sites (tertiary alicyclic amines) is 1. The Balaban J connectivity index is 1.29. The molecule has 8 heteroatoms. The second-order valence-electron chi connectivity index (χ2n) is 7.83. The van der Waals surface area contributed by atoms with Gasteiger partial charge in [-0.15, -0.1) is 11.3 Å². The van der Waals surface area contributed by atoms with E-state index in [0.29, 0.717) is 11.3 Å². The number of thiophene rings is 1. The maximum absolute atomic E-state index is 6.21. The fourth-order valence-electron chi connectivity index (χ4n) is 4.07. The van der Waals surface area contributed by atoms with Gasteiger partial charge in [-0.1, -0.05) is 0 Å². The standard InChI is InChI=1S/C19H26ClN5OS/c20-19-22-16-11-15(12-24-5-3-14(4-6-24)21-13-1-2-13)27-17(16)18(23-19)25-7-9-26-10-8-25/h11,13-14,21H,1-10,12H2. The number of hydrogen-bond acceptors (Lipinski definition) is 7. The van der Waals surface area contributed by atoms with E-state index in [2.05, 4.69) is 31.2 Å². The van der Waals surface area contributed by atoms with Crippen LogP contribution in [0.4, 0.5) is 5.82 Å². The van der Waals surface area contributed by atoms with Crippen molar-refractivity contribution in [1.29, 1.82) is 0 Å². The van der Waals surface area contributed by atoms with Gasteiger partial charge in [0.1, 0.15) is 0 Å². The highest BCUT2D eigenvalue weighted by molar-refractivity contribution is 7.19. The summed E-state index contributed by atoms with van der Waals surface area (Å²) in [5, 5.41) is 4.11. The molecule has 0 bridgehead atoms. The molecule has 2 aromatic heterocycles. The van der Waals surface area contributed by atoms with Crippen molar-refractivity contribution in [3.8, 4) is 0 Å². The second kappa shape index (κ2) is 7.79. The Kier molecular flexibility index (Phi) is 5.21. The van der Waals surface area contributed by atoms with Crippen LogP contribution in [-0.2, 0) is 11.3 Å². The van der Waals surface area contributed by atoms with Crippen LogP contribution in [0.25, 0.3) is 10.2 Å². The van der Waals surface area contributed by atoms with Crippen LogP contribution in [0.1, 0.15) is 30.6 Å². The maximum Gasteiger partial charge on any atom is 0.224 e. The van der Waals surface area contributed by atoms with Gasteiger partial charge in [-0.3, -0.25) is 4.90 Å². The van der Waals surface area contributed by atoms with E-state index in [9.17, 15) is 0 Å². The average molecular weight is 408 g/mol. The lowest BCUT2D eigenvalue weighted by molar-refractivity contribution is 0.122. The molecule has 3 aliphatic rings. The molecule has 2 aromatic rings. The molecule has 146 valence electrons. The summed E-state index contributed by atoms with van der Waals surface area (Å²) >= 11 is 8.03. The first-order chi connectivity index (χ1) is 13.2. The minimum absolute atomic E-state index is 0.334. The van der Waals surface area contributed by atoms with Crippen molar-refractivity contribution in [1.82, 2.24) is 20.2 Å². The van der Waals surface area contributed by atoms with Crippen LogP contribution in [0, 0.1) is 0 Å². The molecule has 0 radical (unpaired) electrons. The van der Waals surface area contributed by atoms with E-state index in [-0.39, 0.29) is 0 Å². The second-order valence-corrected chi connectivity index (χ2v) is 9.31. The van der Waals surface area contributed by atoms with Gasteiger partial charge in [0.05, 0.1) is 23.4 Å². The highest BCUT2D eigenvalue weighted by Gasteiger charge is 2.27. The Morgan fingerprint density at radius 1 is 1.07 bits per heavy atom. The summed E-state index contributed by atoms with van der Waals surface area (Å²) in [7, 11) is 0. The largest absolute Gasteiger partial charge is 0.378 e. The molecule has 0 amide bonds. The number of piperidine rings is 1. The lowest BCUT2D eigenvalue weighted by Gasteiger charge is -2.32. The highest BCUT2D eigenvalue weighted by atomic mass is 35.5. The highest BCUT2D eigenvalue weighted by Crippen LogP contribution is 2.34.